The summed E-state index contributed by atoms with van der Waals surface area (Å²) in [6, 6.07) is 4.66. The Morgan fingerprint density at radius 1 is 1.11 bits per heavy atom. The molecule has 0 aromatic heterocycles. The van der Waals surface area contributed by atoms with E-state index in [2.05, 4.69) is 20.7 Å². The summed E-state index contributed by atoms with van der Waals surface area (Å²) in [5.41, 5.74) is -1.21. The highest BCUT2D eigenvalue weighted by molar-refractivity contribution is 5.98. The summed E-state index contributed by atoms with van der Waals surface area (Å²) in [4.78, 5) is 54.7. The van der Waals surface area contributed by atoms with Crippen molar-refractivity contribution in [2.75, 3.05) is 6.54 Å². The highest BCUT2D eigenvalue weighted by Crippen LogP contribution is 2.44. The molecule has 28 heavy (non-hydrogen) atoms. The smallest absolute Gasteiger partial charge is 0.310 e. The first-order valence-corrected chi connectivity index (χ1v) is 7.85. The maximum absolute atomic E-state index is 11.5. The second-order valence-corrected chi connectivity index (χ2v) is 5.81. The summed E-state index contributed by atoms with van der Waals surface area (Å²) < 4.78 is 10.8. The van der Waals surface area contributed by atoms with Gasteiger partial charge in [0, 0.05) is 0 Å². The molecule has 3 rings (SSSR count). The number of nitro groups is 1. The lowest BCUT2D eigenvalue weighted by molar-refractivity contribution is -0.382. The molecular formula is C15H11N5O8. The summed E-state index contributed by atoms with van der Waals surface area (Å²) in [6.45, 7) is -0.487. The predicted octanol–water partition coefficient (Wildman–Crippen LogP) is 3.29. The molecular weight excluding hydrogens is 378 g/mol. The Balaban J connectivity index is 2.07. The average Bonchev–Trinajstić information content (AvgIpc) is 3.02. The average molecular weight is 389 g/mol. The minimum Gasteiger partial charge on any atom is -0.460 e. The van der Waals surface area contributed by atoms with E-state index < -0.39 is 47.3 Å². The van der Waals surface area contributed by atoms with Gasteiger partial charge >= 0.3 is 5.69 Å². The Bertz CT molecular complexity index is 967. The Morgan fingerprint density at radius 3 is 2.43 bits per heavy atom. The zero-order valence-corrected chi connectivity index (χ0v) is 13.9. The van der Waals surface area contributed by atoms with Crippen molar-refractivity contribution in [1.29, 1.82) is 0 Å². The van der Waals surface area contributed by atoms with E-state index >= 15 is 0 Å². The first-order chi connectivity index (χ1) is 13.5. The van der Waals surface area contributed by atoms with Gasteiger partial charge in [-0.1, -0.05) is 33.7 Å². The van der Waals surface area contributed by atoms with E-state index in [-0.39, 0.29) is 11.1 Å². The summed E-state index contributed by atoms with van der Waals surface area (Å²) >= 11 is 0. The van der Waals surface area contributed by atoms with Gasteiger partial charge in [-0.3, -0.25) is 10.1 Å². The van der Waals surface area contributed by atoms with Crippen molar-refractivity contribution in [1.82, 2.24) is 0 Å². The number of nitro benzene ring substituents is 1. The van der Waals surface area contributed by atoms with Gasteiger partial charge in [0.2, 0.25) is 12.0 Å². The van der Waals surface area contributed by atoms with Crippen LogP contribution in [0.3, 0.4) is 0 Å². The molecule has 0 saturated carbocycles. The van der Waals surface area contributed by atoms with Gasteiger partial charge in [-0.05, 0) is 22.7 Å². The van der Waals surface area contributed by atoms with Gasteiger partial charge in [-0.25, -0.2) is 0 Å². The van der Waals surface area contributed by atoms with Crippen LogP contribution in [0, 0.1) is 29.7 Å². The lowest BCUT2D eigenvalue weighted by Crippen LogP contribution is -2.32. The fraction of sp³-hybridized carbons (Fsp3) is 0.333. The van der Waals surface area contributed by atoms with Gasteiger partial charge in [0.05, 0.1) is 10.3 Å². The number of benzene rings is 2. The van der Waals surface area contributed by atoms with Crippen LogP contribution in [-0.4, -0.2) is 35.9 Å². The van der Waals surface area contributed by atoms with Gasteiger partial charge in [0.25, 0.3) is 0 Å². The van der Waals surface area contributed by atoms with E-state index in [1.807, 2.05) is 0 Å². The van der Waals surface area contributed by atoms with Crippen LogP contribution in [0.5, 0.6) is 5.75 Å². The molecule has 0 radical (unpaired) electrons. The molecule has 0 amide bonds. The van der Waals surface area contributed by atoms with Gasteiger partial charge < -0.3 is 9.47 Å². The number of fused-ring (bicyclic) bond motifs is 1. The molecule has 0 spiro atoms. The molecule has 0 N–H and O–H groups in total. The van der Waals surface area contributed by atoms with E-state index in [1.54, 1.807) is 18.2 Å². The number of ether oxygens (including phenoxy) is 2. The third-order valence-electron chi connectivity index (χ3n) is 4.29. The highest BCUT2D eigenvalue weighted by atomic mass is 16.7. The zero-order valence-electron chi connectivity index (χ0n) is 13.9. The van der Waals surface area contributed by atoms with Crippen LogP contribution < -0.4 is 4.74 Å². The van der Waals surface area contributed by atoms with Crippen molar-refractivity contribution < 1.29 is 14.4 Å². The normalized spacial score (nSPS) is 23.9. The molecule has 13 heteroatoms. The van der Waals surface area contributed by atoms with E-state index in [4.69, 9.17) is 9.47 Å². The quantitative estimate of drug-likeness (QED) is 0.374. The largest absolute Gasteiger partial charge is 0.460 e. The fourth-order valence-electron chi connectivity index (χ4n) is 3.06. The minimum absolute atomic E-state index is 0.155. The summed E-state index contributed by atoms with van der Waals surface area (Å²) in [7, 11) is 0. The third-order valence-corrected chi connectivity index (χ3v) is 4.29. The molecule has 1 fully saturated rings. The van der Waals surface area contributed by atoms with Gasteiger partial charge in [0.15, 0.2) is 17.8 Å². The molecule has 4 atom stereocenters. The molecule has 2 aromatic carbocycles. The molecule has 2 aromatic rings. The van der Waals surface area contributed by atoms with E-state index in [9.17, 15) is 29.7 Å². The molecule has 1 aliphatic heterocycles. The van der Waals surface area contributed by atoms with E-state index in [0.29, 0.717) is 5.39 Å². The third kappa shape index (κ3) is 3.18. The topological polar surface area (TPSA) is 179 Å². The van der Waals surface area contributed by atoms with Crippen LogP contribution in [0.2, 0.25) is 0 Å². The second kappa shape index (κ2) is 7.87. The first kappa shape index (κ1) is 19.0. The Labute approximate surface area is 155 Å². The molecule has 144 valence electrons. The van der Waals surface area contributed by atoms with Crippen LogP contribution in [0.15, 0.2) is 51.0 Å². The lowest BCUT2D eigenvalue weighted by atomic mass is 10.1. The van der Waals surface area contributed by atoms with Crippen LogP contribution in [0.1, 0.15) is 0 Å². The van der Waals surface area contributed by atoms with Crippen LogP contribution in [0.25, 0.3) is 10.8 Å². The van der Waals surface area contributed by atoms with E-state index in [0.717, 1.165) is 0 Å². The zero-order chi connectivity index (χ0) is 20.3. The fourth-order valence-corrected chi connectivity index (χ4v) is 3.06. The summed E-state index contributed by atoms with van der Waals surface area (Å²) in [6.07, 6.45) is -2.68. The Hall–Kier alpha value is -3.74. The molecule has 0 bridgehead atoms. The Kier molecular flexibility index (Phi) is 5.35. The highest BCUT2D eigenvalue weighted by Gasteiger charge is 2.49. The number of nitroso groups, excluding NO2 is 4. The van der Waals surface area contributed by atoms with Gasteiger partial charge in [-0.2, -0.15) is 14.7 Å². The lowest BCUT2D eigenvalue weighted by Gasteiger charge is -2.17. The molecule has 1 heterocycles. The molecule has 13 nitrogen and oxygen atoms in total. The Morgan fingerprint density at radius 2 is 1.82 bits per heavy atom. The van der Waals surface area contributed by atoms with Crippen molar-refractivity contribution in [3.05, 3.63) is 60.1 Å². The van der Waals surface area contributed by atoms with Crippen LogP contribution >= 0.6 is 0 Å². The molecule has 1 unspecified atom stereocenters. The van der Waals surface area contributed by atoms with Crippen molar-refractivity contribution in [2.24, 2.45) is 20.7 Å². The SMILES string of the molecule is O=NC[C@H]1O[C@@H](Oc2cc3ccccc3c([N+](=O)[O-])c2N=O)[C@@H](N=O)C1N=O. The van der Waals surface area contributed by atoms with Crippen molar-refractivity contribution in [3.63, 3.8) is 0 Å². The van der Waals surface area contributed by atoms with Crippen LogP contribution in [-0.2, 0) is 4.74 Å². The van der Waals surface area contributed by atoms with Gasteiger partial charge in [0.1, 0.15) is 12.6 Å². The summed E-state index contributed by atoms with van der Waals surface area (Å²) in [5, 5.41) is 22.8. The maximum Gasteiger partial charge on any atom is 0.310 e. The van der Waals surface area contributed by atoms with Crippen LogP contribution in [0.4, 0.5) is 11.4 Å². The second-order valence-electron chi connectivity index (χ2n) is 5.81. The van der Waals surface area contributed by atoms with Crippen molar-refractivity contribution in [3.8, 4) is 5.75 Å². The van der Waals surface area contributed by atoms with Crippen molar-refractivity contribution in [2.45, 2.75) is 24.5 Å². The standard InChI is InChI=1S/C15H11N5O8/c21-16-6-10-11(17-22)13(19-24)15(28-10)27-9-5-7-3-1-2-4-8(7)14(20(25)26)12(9)18-23/h1-5,10-11,13,15H,6H2/t10-,11?,13+,15-/m1/s1. The number of rotatable bonds is 8. The monoisotopic (exact) mass is 389 g/mol. The predicted molar refractivity (Wildman–Crippen MR) is 95.2 cm³/mol. The molecule has 1 saturated heterocycles. The van der Waals surface area contributed by atoms with Gasteiger partial charge in [-0.15, -0.1) is 4.91 Å². The maximum atomic E-state index is 11.5. The number of hydrogen-bond donors (Lipinski definition) is 0. The first-order valence-electron chi connectivity index (χ1n) is 7.85. The molecule has 1 aliphatic rings. The number of hydrogen-bond acceptors (Lipinski definition) is 12. The summed E-state index contributed by atoms with van der Waals surface area (Å²) in [5.74, 6) is -0.344. The minimum atomic E-state index is -1.52. The molecule has 0 aliphatic carbocycles. The van der Waals surface area contributed by atoms with E-state index in [1.165, 1.54) is 12.1 Å². The number of nitrogens with zero attached hydrogens (tertiary/aromatic N) is 5. The van der Waals surface area contributed by atoms with Crippen molar-refractivity contribution >= 4 is 22.1 Å².